The van der Waals surface area contributed by atoms with Crippen molar-refractivity contribution in [2.24, 2.45) is 0 Å². The van der Waals surface area contributed by atoms with Gasteiger partial charge in [-0.1, -0.05) is 157 Å². The molecule has 10 nitrogen and oxygen atoms in total. The molecule has 0 radical (unpaired) electrons. The summed E-state index contributed by atoms with van der Waals surface area (Å²) in [5.41, 5.74) is 10.2. The van der Waals surface area contributed by atoms with E-state index in [2.05, 4.69) is 98.5 Å². The summed E-state index contributed by atoms with van der Waals surface area (Å²) >= 11 is 0. The fraction of sp³-hybridized carbons (Fsp3) is 0.148. The lowest BCUT2D eigenvalue weighted by Gasteiger charge is -2.19. The largest absolute Gasteiger partial charge is 0.478 e. The maximum absolute atomic E-state index is 13.3. The minimum absolute atomic E-state index is 0.0560. The summed E-state index contributed by atoms with van der Waals surface area (Å²) in [6.45, 7) is 13.3. The van der Waals surface area contributed by atoms with Crippen molar-refractivity contribution in [3.05, 3.63) is 227 Å². The highest BCUT2D eigenvalue weighted by Gasteiger charge is 2.19. The Morgan fingerprint density at radius 1 is 0.479 bits per heavy atom. The number of hydrogen-bond donors (Lipinski definition) is 3. The molecular weight excluding hydrogens is 885 g/mol. The molecule has 0 saturated heterocycles. The topological polar surface area (TPSA) is 148 Å². The van der Waals surface area contributed by atoms with Gasteiger partial charge in [-0.05, 0) is 123 Å². The average Bonchev–Trinajstić information content (AvgIpc) is 3.37. The quantitative estimate of drug-likeness (QED) is 0.115. The van der Waals surface area contributed by atoms with E-state index in [-0.39, 0.29) is 34.8 Å². The van der Waals surface area contributed by atoms with E-state index in [1.165, 1.54) is 17.2 Å². The molecule has 71 heavy (non-hydrogen) atoms. The number of aromatic nitrogens is 2. The number of fused-ring (bicyclic) bond motifs is 2. The van der Waals surface area contributed by atoms with Crippen LogP contribution in [0, 0.1) is 0 Å². The number of nitrogens with zero attached hydrogens (tertiary/aromatic N) is 2. The molecule has 9 rings (SSSR count). The molecule has 0 aliphatic rings. The van der Waals surface area contributed by atoms with Gasteiger partial charge in [0.1, 0.15) is 18.2 Å². The van der Waals surface area contributed by atoms with Gasteiger partial charge in [0.2, 0.25) is 0 Å². The number of carboxylic acids is 1. The number of aromatic carboxylic acids is 1. The number of nitrogens with one attached hydrogen (secondary N) is 2. The monoisotopic (exact) mass is 938 g/mol. The number of esters is 1. The second-order valence-corrected chi connectivity index (χ2v) is 19.2. The Hall–Kier alpha value is -8.76. The third-order valence-electron chi connectivity index (χ3n) is 12.0. The zero-order valence-corrected chi connectivity index (χ0v) is 40.5. The van der Waals surface area contributed by atoms with Gasteiger partial charge < -0.3 is 20.5 Å². The summed E-state index contributed by atoms with van der Waals surface area (Å²) in [4.78, 5) is 59.1. The van der Waals surface area contributed by atoms with E-state index in [9.17, 15) is 19.2 Å². The molecule has 0 saturated carbocycles. The SMILES string of the molecule is CC(C)(C)c1ccc(-c2ccccc2C(=O)Nc2ccc3cc(C(=O)O)ccc3n2)cc1.CC(C)(C)c1ccc(-c2ccccc2C(=O)Nc2ccc3cc(C(=O)OCc4ccccc4)ccc3n2)cc1. The molecule has 2 amide bonds. The van der Waals surface area contributed by atoms with E-state index in [4.69, 9.17) is 9.84 Å². The second kappa shape index (κ2) is 20.9. The number of anilines is 2. The number of pyridine rings is 2. The summed E-state index contributed by atoms with van der Waals surface area (Å²) in [6, 6.07) is 58.1. The van der Waals surface area contributed by atoms with Crippen LogP contribution in [0.2, 0.25) is 0 Å². The van der Waals surface area contributed by atoms with E-state index < -0.39 is 11.9 Å². The Bertz CT molecular complexity index is 3410. The summed E-state index contributed by atoms with van der Waals surface area (Å²) in [7, 11) is 0. The van der Waals surface area contributed by atoms with Crippen LogP contribution in [-0.2, 0) is 22.2 Å². The van der Waals surface area contributed by atoms with Gasteiger partial charge in [-0.3, -0.25) is 9.59 Å². The number of benzene rings is 7. The van der Waals surface area contributed by atoms with E-state index >= 15 is 0 Å². The number of carboxylic acid groups (broad SMARTS) is 1. The molecule has 3 N–H and O–H groups in total. The van der Waals surface area contributed by atoms with Crippen molar-refractivity contribution in [3.8, 4) is 22.3 Å². The first kappa shape index (κ1) is 48.7. The van der Waals surface area contributed by atoms with Crippen LogP contribution in [0.1, 0.15) is 99.7 Å². The fourth-order valence-corrected chi connectivity index (χ4v) is 7.99. The lowest BCUT2D eigenvalue weighted by atomic mass is 9.86. The predicted molar refractivity (Wildman–Crippen MR) is 283 cm³/mol. The molecule has 0 spiro atoms. The van der Waals surface area contributed by atoms with E-state index in [0.717, 1.165) is 33.2 Å². The van der Waals surface area contributed by atoms with E-state index in [0.29, 0.717) is 44.7 Å². The molecule has 0 bridgehead atoms. The number of carbonyl (C=O) groups excluding carboxylic acids is 3. The first-order valence-corrected chi connectivity index (χ1v) is 23.3. The van der Waals surface area contributed by atoms with E-state index in [1.54, 1.807) is 54.6 Å². The van der Waals surface area contributed by atoms with Crippen molar-refractivity contribution in [2.45, 2.75) is 59.0 Å². The van der Waals surface area contributed by atoms with Crippen LogP contribution < -0.4 is 10.6 Å². The van der Waals surface area contributed by atoms with Gasteiger partial charge in [0.15, 0.2) is 0 Å². The standard InChI is InChI=1S/C34H30N2O3.C27H24N2O3/c1-34(2,3)27-17-13-24(14-18-27)28-11-7-8-12-29(28)32(37)36-31-20-16-25-21-26(15-19-30(25)35-31)33(38)39-22-23-9-5-4-6-10-23;1-27(2,3)20-12-8-17(9-13-20)21-6-4-5-7-22(21)25(30)29-24-15-11-18-16-19(26(31)32)10-14-23(18)28-24/h4-21H,22H2,1-3H3,(H,35,36,37);4-16H,1-3H3,(H,31,32)(H,28,29,30). The van der Waals surface area contributed by atoms with Crippen LogP contribution in [0.25, 0.3) is 44.1 Å². The summed E-state index contributed by atoms with van der Waals surface area (Å²) in [5, 5.41) is 16.4. The fourth-order valence-electron chi connectivity index (χ4n) is 7.99. The Morgan fingerprint density at radius 3 is 1.35 bits per heavy atom. The molecule has 0 aliphatic carbocycles. The normalized spacial score (nSPS) is 11.3. The first-order chi connectivity index (χ1) is 34.0. The highest BCUT2D eigenvalue weighted by Crippen LogP contribution is 2.31. The molecular formula is C61H54N4O6. The van der Waals surface area contributed by atoms with Gasteiger partial charge in [0.05, 0.1) is 22.2 Å². The maximum atomic E-state index is 13.3. The average molecular weight is 939 g/mol. The smallest absolute Gasteiger partial charge is 0.338 e. The van der Waals surface area contributed by atoms with Crippen molar-refractivity contribution >= 4 is 57.2 Å². The Labute approximate surface area is 413 Å². The molecule has 354 valence electrons. The van der Waals surface area contributed by atoms with Crippen molar-refractivity contribution in [1.29, 1.82) is 0 Å². The van der Waals surface area contributed by atoms with Crippen molar-refractivity contribution in [1.82, 2.24) is 9.97 Å². The molecule has 10 heteroatoms. The zero-order valence-electron chi connectivity index (χ0n) is 40.5. The number of rotatable bonds is 10. The Balaban J connectivity index is 0.000000194. The van der Waals surface area contributed by atoms with Crippen LogP contribution in [-0.4, -0.2) is 38.8 Å². The Kier molecular flexibility index (Phi) is 14.3. The highest BCUT2D eigenvalue weighted by atomic mass is 16.5. The van der Waals surface area contributed by atoms with E-state index in [1.807, 2.05) is 91.0 Å². The zero-order chi connectivity index (χ0) is 50.3. The van der Waals surface area contributed by atoms with Crippen molar-refractivity contribution in [3.63, 3.8) is 0 Å². The number of carbonyl (C=O) groups is 4. The first-order valence-electron chi connectivity index (χ1n) is 23.3. The minimum Gasteiger partial charge on any atom is -0.478 e. The van der Waals surface area contributed by atoms with Crippen LogP contribution in [0.3, 0.4) is 0 Å². The molecule has 2 heterocycles. The van der Waals surface area contributed by atoms with Gasteiger partial charge in [-0.25, -0.2) is 19.6 Å². The van der Waals surface area contributed by atoms with Crippen molar-refractivity contribution < 1.29 is 29.0 Å². The molecule has 7 aromatic carbocycles. The highest BCUT2D eigenvalue weighted by molar-refractivity contribution is 6.10. The lowest BCUT2D eigenvalue weighted by molar-refractivity contribution is 0.0472. The molecule has 0 fully saturated rings. The molecule has 2 aromatic heterocycles. The van der Waals surface area contributed by atoms with Crippen LogP contribution in [0.4, 0.5) is 11.6 Å². The van der Waals surface area contributed by atoms with Gasteiger partial charge in [-0.15, -0.1) is 0 Å². The van der Waals surface area contributed by atoms with Gasteiger partial charge in [0, 0.05) is 21.9 Å². The summed E-state index contributed by atoms with van der Waals surface area (Å²) in [5.74, 6) is -1.04. The van der Waals surface area contributed by atoms with Gasteiger partial charge >= 0.3 is 11.9 Å². The number of ether oxygens (including phenoxy) is 1. The molecule has 0 aliphatic heterocycles. The van der Waals surface area contributed by atoms with Crippen LogP contribution in [0.5, 0.6) is 0 Å². The molecule has 0 atom stereocenters. The van der Waals surface area contributed by atoms with Crippen LogP contribution in [0.15, 0.2) is 188 Å². The van der Waals surface area contributed by atoms with Gasteiger partial charge in [0.25, 0.3) is 11.8 Å². The lowest BCUT2D eigenvalue weighted by Crippen LogP contribution is -2.14. The summed E-state index contributed by atoms with van der Waals surface area (Å²) in [6.07, 6.45) is 0. The second-order valence-electron chi connectivity index (χ2n) is 19.2. The Morgan fingerprint density at radius 2 is 0.901 bits per heavy atom. The summed E-state index contributed by atoms with van der Waals surface area (Å²) < 4.78 is 5.44. The third kappa shape index (κ3) is 11.9. The molecule has 9 aromatic rings. The minimum atomic E-state index is -0.989. The third-order valence-corrected chi connectivity index (χ3v) is 12.0. The van der Waals surface area contributed by atoms with Crippen LogP contribution >= 0.6 is 0 Å². The van der Waals surface area contributed by atoms with Crippen molar-refractivity contribution in [2.75, 3.05) is 10.6 Å². The number of amides is 2. The van der Waals surface area contributed by atoms with Gasteiger partial charge in [-0.2, -0.15) is 0 Å². The molecule has 0 unspecified atom stereocenters. The number of hydrogen-bond acceptors (Lipinski definition) is 7. The predicted octanol–water partition coefficient (Wildman–Crippen LogP) is 14.0. The maximum Gasteiger partial charge on any atom is 0.338 e.